The molecule has 3 nitrogen and oxygen atoms in total. The van der Waals surface area contributed by atoms with Crippen molar-refractivity contribution < 1.29 is 14.3 Å². The molecule has 0 saturated heterocycles. The van der Waals surface area contributed by atoms with Crippen LogP contribution in [0.25, 0.3) is 0 Å². The smallest absolute Gasteiger partial charge is 0.371 e. The molecule has 0 aliphatic heterocycles. The SMILES string of the molecule is CCC1CCCC1.CCOC(=O)C=O. The molecule has 0 spiro atoms. The average Bonchev–Trinajstić information content (AvgIpc) is 2.71. The first-order valence-electron chi connectivity index (χ1n) is 5.36. The fourth-order valence-electron chi connectivity index (χ4n) is 1.59. The minimum absolute atomic E-state index is 0.142. The summed E-state index contributed by atoms with van der Waals surface area (Å²) in [7, 11) is 0. The van der Waals surface area contributed by atoms with Crippen LogP contribution in [0.3, 0.4) is 0 Å². The summed E-state index contributed by atoms with van der Waals surface area (Å²) in [6.45, 7) is 4.20. The van der Waals surface area contributed by atoms with Gasteiger partial charge in [0.25, 0.3) is 0 Å². The molecule has 0 radical (unpaired) electrons. The van der Waals surface area contributed by atoms with E-state index in [0.717, 1.165) is 5.92 Å². The van der Waals surface area contributed by atoms with Crippen molar-refractivity contribution >= 4 is 12.3 Å². The summed E-state index contributed by atoms with van der Waals surface area (Å²) in [4.78, 5) is 19.2. The Morgan fingerprint density at radius 2 is 1.93 bits per heavy atom. The van der Waals surface area contributed by atoms with Gasteiger partial charge in [0, 0.05) is 0 Å². The van der Waals surface area contributed by atoms with Gasteiger partial charge in [0.2, 0.25) is 6.29 Å². The normalized spacial score (nSPS) is 15.6. The molecule has 0 aromatic rings. The summed E-state index contributed by atoms with van der Waals surface area (Å²) in [5.41, 5.74) is 0. The molecule has 3 heteroatoms. The molecular weight excluding hydrogens is 180 g/mol. The van der Waals surface area contributed by atoms with Gasteiger partial charge in [-0.05, 0) is 12.8 Å². The van der Waals surface area contributed by atoms with Gasteiger partial charge in [-0.2, -0.15) is 0 Å². The Bertz CT molecular complexity index is 160. The second kappa shape index (κ2) is 8.73. The van der Waals surface area contributed by atoms with Crippen molar-refractivity contribution in [3.8, 4) is 0 Å². The lowest BCUT2D eigenvalue weighted by Gasteiger charge is -1.99. The van der Waals surface area contributed by atoms with Crippen LogP contribution in [-0.4, -0.2) is 18.9 Å². The predicted molar refractivity (Wildman–Crippen MR) is 54.9 cm³/mol. The maximum atomic E-state index is 9.82. The number of hydrogen-bond acceptors (Lipinski definition) is 3. The van der Waals surface area contributed by atoms with Crippen LogP contribution in [0.5, 0.6) is 0 Å². The number of hydrogen-bond donors (Lipinski definition) is 0. The Labute approximate surface area is 85.8 Å². The van der Waals surface area contributed by atoms with Gasteiger partial charge in [0.1, 0.15) is 0 Å². The molecule has 1 aliphatic rings. The fourth-order valence-corrected chi connectivity index (χ4v) is 1.59. The average molecular weight is 200 g/mol. The number of esters is 1. The highest BCUT2D eigenvalue weighted by atomic mass is 16.5. The summed E-state index contributed by atoms with van der Waals surface area (Å²) in [5, 5.41) is 0. The Morgan fingerprint density at radius 1 is 1.36 bits per heavy atom. The molecule has 0 amide bonds. The van der Waals surface area contributed by atoms with E-state index in [1.54, 1.807) is 6.92 Å². The van der Waals surface area contributed by atoms with Gasteiger partial charge in [-0.3, -0.25) is 4.79 Å². The number of carbonyl (C=O) groups excluding carboxylic acids is 2. The number of carbonyl (C=O) groups is 2. The molecule has 0 N–H and O–H groups in total. The lowest BCUT2D eigenvalue weighted by molar-refractivity contribution is -0.148. The van der Waals surface area contributed by atoms with Gasteiger partial charge in [0.05, 0.1) is 6.61 Å². The van der Waals surface area contributed by atoms with Crippen molar-refractivity contribution in [1.82, 2.24) is 0 Å². The summed E-state index contributed by atoms with van der Waals surface area (Å²) in [6, 6.07) is 0. The molecule has 0 unspecified atom stereocenters. The van der Waals surface area contributed by atoms with Crippen LogP contribution in [-0.2, 0) is 14.3 Å². The highest BCUT2D eigenvalue weighted by Gasteiger charge is 2.11. The summed E-state index contributed by atoms with van der Waals surface area (Å²) in [6.07, 6.45) is 7.58. The minimum Gasteiger partial charge on any atom is -0.460 e. The standard InChI is InChI=1S/C7H14.C4H6O3/c1-2-7-5-3-4-6-7;1-2-7-4(6)3-5/h7H,2-6H2,1H3;3H,2H2,1H3. The molecule has 1 rings (SSSR count). The van der Waals surface area contributed by atoms with Crippen LogP contribution in [0, 0.1) is 5.92 Å². The number of ether oxygens (including phenoxy) is 1. The van der Waals surface area contributed by atoms with Crippen LogP contribution in [0.15, 0.2) is 0 Å². The molecule has 0 heterocycles. The van der Waals surface area contributed by atoms with E-state index in [0.29, 0.717) is 0 Å². The quantitative estimate of drug-likeness (QED) is 0.399. The second-order valence-electron chi connectivity index (χ2n) is 3.43. The minimum atomic E-state index is -0.803. The van der Waals surface area contributed by atoms with E-state index in [9.17, 15) is 9.59 Å². The summed E-state index contributed by atoms with van der Waals surface area (Å²) >= 11 is 0. The highest BCUT2D eigenvalue weighted by Crippen LogP contribution is 2.26. The van der Waals surface area contributed by atoms with E-state index in [2.05, 4.69) is 11.7 Å². The molecule has 82 valence electrons. The van der Waals surface area contributed by atoms with E-state index >= 15 is 0 Å². The molecule has 0 atom stereocenters. The zero-order valence-electron chi connectivity index (χ0n) is 9.12. The third kappa shape index (κ3) is 6.63. The first-order valence-corrected chi connectivity index (χ1v) is 5.36. The van der Waals surface area contributed by atoms with Crippen molar-refractivity contribution in [3.05, 3.63) is 0 Å². The van der Waals surface area contributed by atoms with Gasteiger partial charge in [-0.1, -0.05) is 39.0 Å². The first kappa shape index (κ1) is 13.1. The largest absolute Gasteiger partial charge is 0.460 e. The zero-order valence-corrected chi connectivity index (χ0v) is 9.12. The first-order chi connectivity index (χ1) is 6.74. The lowest BCUT2D eigenvalue weighted by Crippen LogP contribution is -2.03. The molecule has 0 aromatic heterocycles. The third-order valence-electron chi connectivity index (χ3n) is 2.43. The topological polar surface area (TPSA) is 43.4 Å². The Hall–Kier alpha value is -0.860. The molecule has 0 aromatic carbocycles. The third-order valence-corrected chi connectivity index (χ3v) is 2.43. The van der Waals surface area contributed by atoms with Gasteiger partial charge >= 0.3 is 5.97 Å². The summed E-state index contributed by atoms with van der Waals surface area (Å²) < 4.78 is 4.18. The van der Waals surface area contributed by atoms with Gasteiger partial charge in [0.15, 0.2) is 0 Å². The lowest BCUT2D eigenvalue weighted by atomic mass is 10.1. The predicted octanol–water partition coefficient (Wildman–Crippen LogP) is 2.33. The van der Waals surface area contributed by atoms with Crippen molar-refractivity contribution in [1.29, 1.82) is 0 Å². The Kier molecular flexibility index (Phi) is 8.19. The van der Waals surface area contributed by atoms with Crippen LogP contribution in [0.1, 0.15) is 46.0 Å². The van der Waals surface area contributed by atoms with Crippen molar-refractivity contribution in [2.45, 2.75) is 46.0 Å². The van der Waals surface area contributed by atoms with E-state index in [4.69, 9.17) is 0 Å². The molecule has 1 fully saturated rings. The zero-order chi connectivity index (χ0) is 10.8. The van der Waals surface area contributed by atoms with Crippen LogP contribution < -0.4 is 0 Å². The Morgan fingerprint density at radius 3 is 2.14 bits per heavy atom. The monoisotopic (exact) mass is 200 g/mol. The van der Waals surface area contributed by atoms with Gasteiger partial charge in [-0.25, -0.2) is 4.79 Å². The molecule has 14 heavy (non-hydrogen) atoms. The molecule has 1 saturated carbocycles. The highest BCUT2D eigenvalue weighted by molar-refractivity contribution is 6.20. The van der Waals surface area contributed by atoms with E-state index in [-0.39, 0.29) is 12.9 Å². The van der Waals surface area contributed by atoms with E-state index < -0.39 is 5.97 Å². The van der Waals surface area contributed by atoms with Crippen LogP contribution in [0.2, 0.25) is 0 Å². The molecule has 0 bridgehead atoms. The fraction of sp³-hybridized carbons (Fsp3) is 0.818. The van der Waals surface area contributed by atoms with Crippen LogP contribution >= 0.6 is 0 Å². The molecule has 1 aliphatic carbocycles. The Balaban J connectivity index is 0.000000241. The van der Waals surface area contributed by atoms with Crippen LogP contribution in [0.4, 0.5) is 0 Å². The number of rotatable bonds is 3. The van der Waals surface area contributed by atoms with E-state index in [1.807, 2.05) is 0 Å². The summed E-state index contributed by atoms with van der Waals surface area (Å²) in [5.74, 6) is 0.294. The maximum Gasteiger partial charge on any atom is 0.371 e. The molecular formula is C11H20O3. The van der Waals surface area contributed by atoms with Crippen molar-refractivity contribution in [2.75, 3.05) is 6.61 Å². The van der Waals surface area contributed by atoms with E-state index in [1.165, 1.54) is 32.1 Å². The van der Waals surface area contributed by atoms with Crippen molar-refractivity contribution in [3.63, 3.8) is 0 Å². The second-order valence-corrected chi connectivity index (χ2v) is 3.43. The number of aldehydes is 1. The van der Waals surface area contributed by atoms with Crippen molar-refractivity contribution in [2.24, 2.45) is 5.92 Å². The maximum absolute atomic E-state index is 9.82. The van der Waals surface area contributed by atoms with Gasteiger partial charge in [-0.15, -0.1) is 0 Å². The van der Waals surface area contributed by atoms with Gasteiger partial charge < -0.3 is 4.74 Å².